The monoisotopic (exact) mass is 444 g/mol. The SMILES string of the molecule is CC(C)(C)[Si](C)(C)OCCC(I)CO[Si](C)(C)C(C)(C)C. The molecule has 0 aliphatic heterocycles. The molecule has 0 spiro atoms. The summed E-state index contributed by atoms with van der Waals surface area (Å²) in [5, 5.41) is 0.590. The lowest BCUT2D eigenvalue weighted by atomic mass is 10.2. The molecular formula is C16H37IO2Si2. The predicted octanol–water partition coefficient (Wildman–Crippen LogP) is 6.22. The normalized spacial score (nSPS) is 16.1. The van der Waals surface area contributed by atoms with Crippen LogP contribution in [0.1, 0.15) is 48.0 Å². The molecule has 0 radical (unpaired) electrons. The van der Waals surface area contributed by atoms with E-state index in [1.165, 1.54) is 0 Å². The van der Waals surface area contributed by atoms with Gasteiger partial charge in [-0.2, -0.15) is 0 Å². The van der Waals surface area contributed by atoms with E-state index in [0.29, 0.717) is 14.0 Å². The smallest absolute Gasteiger partial charge is 0.192 e. The van der Waals surface area contributed by atoms with Gasteiger partial charge >= 0.3 is 0 Å². The van der Waals surface area contributed by atoms with Crippen LogP contribution in [0.3, 0.4) is 0 Å². The minimum atomic E-state index is -1.61. The summed E-state index contributed by atoms with van der Waals surface area (Å²) in [6.45, 7) is 24.8. The van der Waals surface area contributed by atoms with Crippen LogP contribution in [-0.4, -0.2) is 33.8 Å². The maximum absolute atomic E-state index is 6.29. The van der Waals surface area contributed by atoms with E-state index >= 15 is 0 Å². The number of alkyl halides is 1. The van der Waals surface area contributed by atoms with Crippen LogP contribution in [-0.2, 0) is 8.85 Å². The molecule has 0 fully saturated rings. The molecular weight excluding hydrogens is 407 g/mol. The van der Waals surface area contributed by atoms with E-state index in [4.69, 9.17) is 8.85 Å². The molecule has 1 atom stereocenters. The van der Waals surface area contributed by atoms with Crippen LogP contribution >= 0.6 is 22.6 Å². The Labute approximate surface area is 149 Å². The van der Waals surface area contributed by atoms with Crippen molar-refractivity contribution in [3.05, 3.63) is 0 Å². The van der Waals surface area contributed by atoms with Crippen molar-refractivity contribution in [2.45, 2.75) is 88.2 Å². The lowest BCUT2D eigenvalue weighted by Gasteiger charge is -2.37. The average molecular weight is 445 g/mol. The van der Waals surface area contributed by atoms with Crippen molar-refractivity contribution < 1.29 is 8.85 Å². The highest BCUT2D eigenvalue weighted by atomic mass is 127. The van der Waals surface area contributed by atoms with E-state index in [1.807, 2.05) is 0 Å². The summed E-state index contributed by atoms with van der Waals surface area (Å²) in [5.41, 5.74) is 0. The quantitative estimate of drug-likeness (QED) is 0.264. The van der Waals surface area contributed by atoms with Crippen LogP contribution in [0.5, 0.6) is 0 Å². The number of halogens is 1. The summed E-state index contributed by atoms with van der Waals surface area (Å²) in [4.78, 5) is 0. The summed E-state index contributed by atoms with van der Waals surface area (Å²) in [7, 11) is -3.21. The largest absolute Gasteiger partial charge is 0.417 e. The van der Waals surface area contributed by atoms with Gasteiger partial charge in [0.15, 0.2) is 16.6 Å². The van der Waals surface area contributed by atoms with Gasteiger partial charge in [0.05, 0.1) is 0 Å². The number of hydrogen-bond acceptors (Lipinski definition) is 2. The predicted molar refractivity (Wildman–Crippen MR) is 109 cm³/mol. The second-order valence-corrected chi connectivity index (χ2v) is 20.4. The zero-order valence-electron chi connectivity index (χ0n) is 15.9. The topological polar surface area (TPSA) is 18.5 Å². The van der Waals surface area contributed by atoms with E-state index < -0.39 is 16.6 Å². The Morgan fingerprint density at radius 3 is 1.57 bits per heavy atom. The van der Waals surface area contributed by atoms with Crippen LogP contribution < -0.4 is 0 Å². The van der Waals surface area contributed by atoms with Gasteiger partial charge in [0.25, 0.3) is 0 Å². The minimum absolute atomic E-state index is 0.293. The maximum atomic E-state index is 6.29. The number of hydrogen-bond donors (Lipinski definition) is 0. The third-order valence-corrected chi connectivity index (χ3v) is 15.2. The highest BCUT2D eigenvalue weighted by Crippen LogP contribution is 2.38. The van der Waals surface area contributed by atoms with Crippen molar-refractivity contribution in [2.24, 2.45) is 0 Å². The Balaban J connectivity index is 4.17. The van der Waals surface area contributed by atoms with Gasteiger partial charge in [-0.05, 0) is 42.7 Å². The summed E-state index contributed by atoms with van der Waals surface area (Å²) in [6.07, 6.45) is 1.09. The lowest BCUT2D eigenvalue weighted by Crippen LogP contribution is -2.43. The van der Waals surface area contributed by atoms with Crippen LogP contribution in [0.2, 0.25) is 36.3 Å². The molecule has 0 N–H and O–H groups in total. The second kappa shape index (κ2) is 7.77. The average Bonchev–Trinajstić information content (AvgIpc) is 2.23. The fraction of sp³-hybridized carbons (Fsp3) is 1.00. The van der Waals surface area contributed by atoms with Crippen LogP contribution in [0.15, 0.2) is 0 Å². The molecule has 0 amide bonds. The summed E-state index contributed by atoms with van der Waals surface area (Å²) < 4.78 is 13.1. The van der Waals surface area contributed by atoms with Gasteiger partial charge in [0.1, 0.15) is 0 Å². The highest BCUT2D eigenvalue weighted by Gasteiger charge is 2.38. The fourth-order valence-corrected chi connectivity index (χ4v) is 4.14. The molecule has 0 heterocycles. The highest BCUT2D eigenvalue weighted by molar-refractivity contribution is 14.1. The Morgan fingerprint density at radius 1 is 0.810 bits per heavy atom. The molecule has 0 rings (SSSR count). The molecule has 0 aromatic heterocycles. The molecule has 0 aliphatic rings. The van der Waals surface area contributed by atoms with Crippen molar-refractivity contribution in [1.29, 1.82) is 0 Å². The molecule has 5 heteroatoms. The van der Waals surface area contributed by atoms with E-state index in [1.54, 1.807) is 0 Å². The van der Waals surface area contributed by atoms with Gasteiger partial charge in [-0.15, -0.1) is 0 Å². The molecule has 0 aromatic carbocycles. The first-order chi connectivity index (χ1) is 9.10. The van der Waals surface area contributed by atoms with Crippen molar-refractivity contribution in [1.82, 2.24) is 0 Å². The van der Waals surface area contributed by atoms with Gasteiger partial charge in [0, 0.05) is 17.1 Å². The molecule has 0 bridgehead atoms. The van der Waals surface area contributed by atoms with Crippen molar-refractivity contribution in [3.8, 4) is 0 Å². The summed E-state index contributed by atoms with van der Waals surface area (Å²) in [6, 6.07) is 0. The molecule has 0 saturated heterocycles. The first-order valence-electron chi connectivity index (χ1n) is 8.02. The second-order valence-electron chi connectivity index (χ2n) is 9.07. The molecule has 0 aliphatic carbocycles. The van der Waals surface area contributed by atoms with E-state index in [2.05, 4.69) is 90.3 Å². The molecule has 128 valence electrons. The summed E-state index contributed by atoms with van der Waals surface area (Å²) >= 11 is 2.51. The number of rotatable bonds is 7. The maximum Gasteiger partial charge on any atom is 0.192 e. The van der Waals surface area contributed by atoms with Crippen LogP contribution in [0.25, 0.3) is 0 Å². The van der Waals surface area contributed by atoms with Gasteiger partial charge in [-0.25, -0.2) is 0 Å². The standard InChI is InChI=1S/C16H37IO2Si2/c1-15(2,3)20(7,8)18-12-11-14(17)13-19-21(9,10)16(4,5)6/h14H,11-13H2,1-10H3. The van der Waals surface area contributed by atoms with Gasteiger partial charge in [0.2, 0.25) is 0 Å². The fourth-order valence-electron chi connectivity index (χ4n) is 1.26. The van der Waals surface area contributed by atoms with Gasteiger partial charge in [-0.3, -0.25) is 0 Å². The summed E-state index contributed by atoms with van der Waals surface area (Å²) in [5.74, 6) is 0. The first kappa shape index (κ1) is 22.1. The zero-order valence-corrected chi connectivity index (χ0v) is 20.1. The first-order valence-corrected chi connectivity index (χ1v) is 15.1. The van der Waals surface area contributed by atoms with E-state index in [-0.39, 0.29) is 0 Å². The van der Waals surface area contributed by atoms with Crippen LogP contribution in [0, 0.1) is 0 Å². The van der Waals surface area contributed by atoms with E-state index in [9.17, 15) is 0 Å². The van der Waals surface area contributed by atoms with Crippen molar-refractivity contribution in [3.63, 3.8) is 0 Å². The zero-order chi connectivity index (χ0) is 17.1. The molecule has 0 aromatic rings. The molecule has 0 saturated carbocycles. The third kappa shape index (κ3) is 7.46. The molecule has 2 nitrogen and oxygen atoms in total. The van der Waals surface area contributed by atoms with E-state index in [0.717, 1.165) is 19.6 Å². The van der Waals surface area contributed by atoms with Crippen molar-refractivity contribution >= 4 is 39.2 Å². The van der Waals surface area contributed by atoms with Crippen LogP contribution in [0.4, 0.5) is 0 Å². The Morgan fingerprint density at radius 2 is 1.19 bits per heavy atom. The van der Waals surface area contributed by atoms with Gasteiger partial charge in [-0.1, -0.05) is 64.1 Å². The minimum Gasteiger partial charge on any atom is -0.417 e. The van der Waals surface area contributed by atoms with Crippen molar-refractivity contribution in [2.75, 3.05) is 13.2 Å². The Kier molecular flexibility index (Phi) is 8.17. The van der Waals surface area contributed by atoms with Gasteiger partial charge < -0.3 is 8.85 Å². The Hall–Kier alpha value is 1.08. The third-order valence-electron chi connectivity index (χ3n) is 5.13. The Bertz CT molecular complexity index is 317. The molecule has 21 heavy (non-hydrogen) atoms. The lowest BCUT2D eigenvalue weighted by molar-refractivity contribution is 0.250. The molecule has 1 unspecified atom stereocenters.